The molecule has 1 aliphatic rings. The number of amides is 2. The summed E-state index contributed by atoms with van der Waals surface area (Å²) in [6.45, 7) is 5.98. The molecule has 0 aromatic heterocycles. The molecule has 0 aromatic carbocycles. The minimum absolute atomic E-state index is 0.0134. The largest absolute Gasteiger partial charge is 0.336 e. The van der Waals surface area contributed by atoms with E-state index in [1.165, 1.54) is 0 Å². The van der Waals surface area contributed by atoms with Crippen LogP contribution in [-0.4, -0.2) is 36.7 Å². The van der Waals surface area contributed by atoms with E-state index in [-0.39, 0.29) is 12.1 Å². The van der Waals surface area contributed by atoms with Gasteiger partial charge in [-0.2, -0.15) is 0 Å². The lowest BCUT2D eigenvalue weighted by molar-refractivity contribution is 0.104. The fraction of sp³-hybridized carbons (Fsp3) is 0.889. The fourth-order valence-corrected chi connectivity index (χ4v) is 1.63. The average molecular weight is 201 g/mol. The lowest BCUT2D eigenvalue weighted by Crippen LogP contribution is -2.41. The van der Waals surface area contributed by atoms with Gasteiger partial charge in [-0.15, -0.1) is 0 Å². The number of nitrogens with two attached hydrogens (primary N) is 1. The molecule has 14 heavy (non-hydrogen) atoms. The van der Waals surface area contributed by atoms with E-state index in [1.54, 1.807) is 0 Å². The second kappa shape index (κ2) is 5.17. The van der Waals surface area contributed by atoms with Crippen LogP contribution in [0.2, 0.25) is 0 Å². The molecular weight excluding hydrogens is 182 g/mol. The molecule has 0 aliphatic carbocycles. The second-order valence-corrected chi connectivity index (χ2v) is 4.04. The van der Waals surface area contributed by atoms with Crippen molar-refractivity contribution in [2.45, 2.75) is 26.3 Å². The van der Waals surface area contributed by atoms with Crippen LogP contribution in [0.3, 0.4) is 0 Å². The normalized spacial score (nSPS) is 21.7. The molecule has 0 radical (unpaired) electrons. The topological polar surface area (TPSA) is 67.6 Å². The zero-order valence-corrected chi connectivity index (χ0v) is 8.82. The molecule has 3 N–H and O–H groups in total. The number of urea groups is 1. The van der Waals surface area contributed by atoms with Crippen molar-refractivity contribution in [2.24, 2.45) is 11.8 Å². The van der Waals surface area contributed by atoms with Gasteiger partial charge in [0.25, 0.3) is 0 Å². The summed E-state index contributed by atoms with van der Waals surface area (Å²) in [6.07, 6.45) is 0.975. The SMILES string of the molecule is CC(C)NC(=O)N1CCC(CON)C1. The number of carbonyl (C=O) groups is 1. The van der Waals surface area contributed by atoms with Gasteiger partial charge in [-0.25, -0.2) is 10.7 Å². The lowest BCUT2D eigenvalue weighted by Gasteiger charge is -2.18. The lowest BCUT2D eigenvalue weighted by atomic mass is 10.1. The van der Waals surface area contributed by atoms with Crippen LogP contribution in [0.5, 0.6) is 0 Å². The first kappa shape index (κ1) is 11.3. The third kappa shape index (κ3) is 3.16. The molecule has 0 spiro atoms. The van der Waals surface area contributed by atoms with Crippen molar-refractivity contribution < 1.29 is 9.63 Å². The van der Waals surface area contributed by atoms with E-state index >= 15 is 0 Å². The highest BCUT2D eigenvalue weighted by Crippen LogP contribution is 2.15. The third-order valence-corrected chi connectivity index (χ3v) is 2.32. The quantitative estimate of drug-likeness (QED) is 0.646. The Morgan fingerprint density at radius 2 is 2.43 bits per heavy atom. The summed E-state index contributed by atoms with van der Waals surface area (Å²) >= 11 is 0. The van der Waals surface area contributed by atoms with E-state index in [4.69, 9.17) is 5.90 Å². The van der Waals surface area contributed by atoms with Crippen LogP contribution < -0.4 is 11.2 Å². The van der Waals surface area contributed by atoms with Crippen LogP contribution in [0.25, 0.3) is 0 Å². The molecule has 0 saturated carbocycles. The highest BCUT2D eigenvalue weighted by atomic mass is 16.6. The van der Waals surface area contributed by atoms with Gasteiger partial charge in [-0.3, -0.25) is 0 Å². The summed E-state index contributed by atoms with van der Waals surface area (Å²) < 4.78 is 0. The van der Waals surface area contributed by atoms with Crippen molar-refractivity contribution in [1.29, 1.82) is 0 Å². The number of carbonyl (C=O) groups excluding carboxylic acids is 1. The van der Waals surface area contributed by atoms with Crippen LogP contribution in [0.1, 0.15) is 20.3 Å². The van der Waals surface area contributed by atoms with Crippen molar-refractivity contribution in [3.05, 3.63) is 0 Å². The molecule has 2 amide bonds. The van der Waals surface area contributed by atoms with Crippen LogP contribution in [0.15, 0.2) is 0 Å². The first-order valence-electron chi connectivity index (χ1n) is 5.00. The van der Waals surface area contributed by atoms with Crippen LogP contribution in [0, 0.1) is 5.92 Å². The fourth-order valence-electron chi connectivity index (χ4n) is 1.63. The molecule has 1 unspecified atom stereocenters. The van der Waals surface area contributed by atoms with Gasteiger partial charge < -0.3 is 15.1 Å². The van der Waals surface area contributed by atoms with Gasteiger partial charge in [0.15, 0.2) is 0 Å². The van der Waals surface area contributed by atoms with Gasteiger partial charge in [0.05, 0.1) is 6.61 Å². The number of likely N-dealkylation sites (tertiary alicyclic amines) is 1. The van der Waals surface area contributed by atoms with E-state index in [0.717, 1.165) is 19.5 Å². The molecular formula is C9H19N3O2. The molecule has 82 valence electrons. The van der Waals surface area contributed by atoms with Gasteiger partial charge in [0.2, 0.25) is 0 Å². The predicted octanol–water partition coefficient (Wildman–Crippen LogP) is 0.317. The molecule has 1 rings (SSSR count). The summed E-state index contributed by atoms with van der Waals surface area (Å²) in [4.78, 5) is 17.9. The van der Waals surface area contributed by atoms with Crippen LogP contribution in [-0.2, 0) is 4.84 Å². The number of hydrogen-bond donors (Lipinski definition) is 2. The maximum Gasteiger partial charge on any atom is 0.317 e. The smallest absolute Gasteiger partial charge is 0.317 e. The van der Waals surface area contributed by atoms with E-state index in [9.17, 15) is 4.79 Å². The summed E-state index contributed by atoms with van der Waals surface area (Å²) in [7, 11) is 0. The molecule has 1 saturated heterocycles. The molecule has 1 heterocycles. The Bertz CT molecular complexity index is 196. The number of nitrogens with one attached hydrogen (secondary N) is 1. The molecule has 0 bridgehead atoms. The Hall–Kier alpha value is -0.810. The minimum atomic E-state index is 0.0134. The molecule has 5 heteroatoms. The molecule has 5 nitrogen and oxygen atoms in total. The summed E-state index contributed by atoms with van der Waals surface area (Å²) in [5.41, 5.74) is 0. The molecule has 1 aliphatic heterocycles. The zero-order chi connectivity index (χ0) is 10.6. The Morgan fingerprint density at radius 1 is 1.71 bits per heavy atom. The average Bonchev–Trinajstić information content (AvgIpc) is 2.52. The Labute approximate surface area is 84.5 Å². The molecule has 0 aromatic rings. The highest BCUT2D eigenvalue weighted by Gasteiger charge is 2.26. The number of nitrogens with zero attached hydrogens (tertiary/aromatic N) is 1. The standard InChI is InChI=1S/C9H19N3O2/c1-7(2)11-9(13)12-4-3-8(5-12)6-14-10/h7-8H,3-6,10H2,1-2H3,(H,11,13). The van der Waals surface area contributed by atoms with E-state index in [0.29, 0.717) is 12.5 Å². The monoisotopic (exact) mass is 201 g/mol. The summed E-state index contributed by atoms with van der Waals surface area (Å²) in [5.74, 6) is 5.38. The molecule has 1 fully saturated rings. The first-order valence-corrected chi connectivity index (χ1v) is 5.00. The first-order chi connectivity index (χ1) is 6.63. The van der Waals surface area contributed by atoms with Gasteiger partial charge in [-0.05, 0) is 20.3 Å². The van der Waals surface area contributed by atoms with E-state index in [2.05, 4.69) is 10.2 Å². The maximum atomic E-state index is 11.5. The Balaban J connectivity index is 2.30. The maximum absolute atomic E-state index is 11.5. The van der Waals surface area contributed by atoms with Crippen LogP contribution in [0.4, 0.5) is 4.79 Å². The van der Waals surface area contributed by atoms with Gasteiger partial charge in [0, 0.05) is 25.0 Å². The van der Waals surface area contributed by atoms with Crippen LogP contribution >= 0.6 is 0 Å². The van der Waals surface area contributed by atoms with Crippen molar-refractivity contribution in [2.75, 3.05) is 19.7 Å². The second-order valence-electron chi connectivity index (χ2n) is 4.04. The van der Waals surface area contributed by atoms with Crippen molar-refractivity contribution in [3.8, 4) is 0 Å². The third-order valence-electron chi connectivity index (χ3n) is 2.32. The van der Waals surface area contributed by atoms with E-state index < -0.39 is 0 Å². The Kier molecular flexibility index (Phi) is 4.16. The van der Waals surface area contributed by atoms with Gasteiger partial charge in [-0.1, -0.05) is 0 Å². The van der Waals surface area contributed by atoms with Gasteiger partial charge in [0.1, 0.15) is 0 Å². The highest BCUT2D eigenvalue weighted by molar-refractivity contribution is 5.74. The van der Waals surface area contributed by atoms with Gasteiger partial charge >= 0.3 is 6.03 Å². The van der Waals surface area contributed by atoms with Crippen molar-refractivity contribution in [1.82, 2.24) is 10.2 Å². The molecule has 1 atom stereocenters. The predicted molar refractivity (Wildman–Crippen MR) is 53.5 cm³/mol. The zero-order valence-electron chi connectivity index (χ0n) is 8.82. The summed E-state index contributed by atoms with van der Waals surface area (Å²) in [5, 5.41) is 2.86. The van der Waals surface area contributed by atoms with Crippen molar-refractivity contribution >= 4 is 6.03 Å². The summed E-state index contributed by atoms with van der Waals surface area (Å²) in [6, 6.07) is 0.201. The van der Waals surface area contributed by atoms with E-state index in [1.807, 2.05) is 18.7 Å². The number of rotatable bonds is 3. The van der Waals surface area contributed by atoms with Crippen molar-refractivity contribution in [3.63, 3.8) is 0 Å². The number of hydrogen-bond acceptors (Lipinski definition) is 3. The Morgan fingerprint density at radius 3 is 3.00 bits per heavy atom. The minimum Gasteiger partial charge on any atom is -0.336 e.